The van der Waals surface area contributed by atoms with E-state index in [-0.39, 0.29) is 37.9 Å². The highest BCUT2D eigenvalue weighted by atomic mass is 16.5. The molecule has 2 amide bonds. The van der Waals surface area contributed by atoms with Gasteiger partial charge in [0.2, 0.25) is 11.8 Å². The molecule has 0 bridgehead atoms. The van der Waals surface area contributed by atoms with Gasteiger partial charge in [0.25, 0.3) is 0 Å². The smallest absolute Gasteiger partial charge is 0.328 e. The van der Waals surface area contributed by atoms with Crippen molar-refractivity contribution in [3.8, 4) is 0 Å². The van der Waals surface area contributed by atoms with Crippen LogP contribution in [0.5, 0.6) is 0 Å². The lowest BCUT2D eigenvalue weighted by atomic mass is 9.99. The van der Waals surface area contributed by atoms with Gasteiger partial charge in [0.05, 0.1) is 37.6 Å². The third-order valence-electron chi connectivity index (χ3n) is 9.34. The molecule has 0 aromatic carbocycles. The molecule has 5 N–H and O–H groups in total. The lowest BCUT2D eigenvalue weighted by Gasteiger charge is -2.26. The molecule has 0 aromatic heterocycles. The Hall–Kier alpha value is -2.53. The lowest BCUT2D eigenvalue weighted by molar-refractivity contribution is -0.145. The Morgan fingerprint density at radius 3 is 2.13 bits per heavy atom. The summed E-state index contributed by atoms with van der Waals surface area (Å²) in [6.45, 7) is 1.91. The fourth-order valence-corrected chi connectivity index (χ4v) is 6.39. The van der Waals surface area contributed by atoms with Crippen molar-refractivity contribution in [1.82, 2.24) is 10.6 Å². The van der Waals surface area contributed by atoms with Crippen LogP contribution in [-0.4, -0.2) is 78.1 Å². The van der Waals surface area contributed by atoms with Gasteiger partial charge >= 0.3 is 5.97 Å². The van der Waals surface area contributed by atoms with Crippen LogP contribution in [0, 0.1) is 0 Å². The van der Waals surface area contributed by atoms with Gasteiger partial charge in [-0.15, -0.1) is 0 Å². The maximum Gasteiger partial charge on any atom is 0.328 e. The van der Waals surface area contributed by atoms with Crippen LogP contribution < -0.4 is 16.4 Å². The molecule has 4 rings (SSSR count). The standard InChI is InChI=1S/C35H55N3O7/c1-25-15-9-8-14-20-28(21-25)45-31-22-35(31,38-32(39)29(36)23-43-26-16-10-4-2-5-11-17-26)34(42)37-30(33(40)41)24-44-27-18-12-6-3-7-13-19-27/h10,12,16,18,21,26-31H,2-9,11,13-15,17,19-20,22-24,36H2,1H3,(H,37,42)(H,38,39)(H,40,41)/t26?,27?,28?,29-,30-,31?,35?/m0/s1. The van der Waals surface area contributed by atoms with E-state index in [2.05, 4.69) is 35.8 Å². The van der Waals surface area contributed by atoms with Crippen LogP contribution in [0.2, 0.25) is 0 Å². The average Bonchev–Trinajstić information content (AvgIpc) is 3.65. The Balaban J connectivity index is 1.42. The lowest BCUT2D eigenvalue weighted by Crippen LogP contribution is -2.59. The minimum atomic E-state index is -1.42. The monoisotopic (exact) mass is 629 g/mol. The van der Waals surface area contributed by atoms with Crippen molar-refractivity contribution in [2.75, 3.05) is 13.2 Å². The summed E-state index contributed by atoms with van der Waals surface area (Å²) in [7, 11) is 0. The molecule has 45 heavy (non-hydrogen) atoms. The maximum atomic E-state index is 13.8. The number of allylic oxidation sites excluding steroid dienone is 3. The molecule has 10 heteroatoms. The Kier molecular flexibility index (Phi) is 14.1. The summed E-state index contributed by atoms with van der Waals surface area (Å²) >= 11 is 0. The molecule has 4 aliphatic carbocycles. The summed E-state index contributed by atoms with van der Waals surface area (Å²) in [6, 6.07) is -2.28. The molecule has 0 aromatic rings. The van der Waals surface area contributed by atoms with E-state index in [0.717, 1.165) is 89.9 Å². The number of hydrogen-bond donors (Lipinski definition) is 4. The summed E-state index contributed by atoms with van der Waals surface area (Å²) < 4.78 is 18.3. The number of nitrogens with two attached hydrogens (primary N) is 1. The highest BCUT2D eigenvalue weighted by Crippen LogP contribution is 2.41. The van der Waals surface area contributed by atoms with E-state index in [1.165, 1.54) is 12.0 Å². The van der Waals surface area contributed by atoms with Crippen LogP contribution in [0.3, 0.4) is 0 Å². The third-order valence-corrected chi connectivity index (χ3v) is 9.34. The zero-order chi connectivity index (χ0) is 32.1. The molecule has 0 spiro atoms. The minimum Gasteiger partial charge on any atom is -0.480 e. The van der Waals surface area contributed by atoms with Gasteiger partial charge in [-0.2, -0.15) is 0 Å². The SMILES string of the molecule is CC1=CC(OC2CC2(NC(=O)[C@@H](N)COC2C=CCCCCC2)C(=O)N[C@@H](COC2C=CCCCCC2)C(=O)O)CCCCC1. The van der Waals surface area contributed by atoms with Gasteiger partial charge in [0.1, 0.15) is 11.6 Å². The molecule has 0 heterocycles. The number of carbonyl (C=O) groups excluding carboxylic acids is 2. The number of carboxylic acid groups (broad SMARTS) is 1. The van der Waals surface area contributed by atoms with Gasteiger partial charge in [-0.25, -0.2) is 4.79 Å². The predicted octanol–water partition coefficient (Wildman–Crippen LogP) is 4.62. The zero-order valence-corrected chi connectivity index (χ0v) is 27.1. The molecule has 7 atom stereocenters. The molecule has 10 nitrogen and oxygen atoms in total. The van der Waals surface area contributed by atoms with Crippen LogP contribution in [-0.2, 0) is 28.6 Å². The fraction of sp³-hybridized carbons (Fsp3) is 0.743. The summed E-state index contributed by atoms with van der Waals surface area (Å²) in [5, 5.41) is 15.5. The minimum absolute atomic E-state index is 0.00905. The number of rotatable bonds is 13. The Bertz CT molecular complexity index is 1080. The second-order valence-corrected chi connectivity index (χ2v) is 13.3. The highest BCUT2D eigenvalue weighted by molar-refractivity contribution is 5.98. The number of ether oxygens (including phenoxy) is 3. The van der Waals surface area contributed by atoms with E-state index >= 15 is 0 Å². The zero-order valence-electron chi connectivity index (χ0n) is 27.1. The predicted molar refractivity (Wildman–Crippen MR) is 172 cm³/mol. The topological polar surface area (TPSA) is 149 Å². The van der Waals surface area contributed by atoms with E-state index in [1.807, 2.05) is 12.2 Å². The first kappa shape index (κ1) is 35.3. The first-order valence-electron chi connectivity index (χ1n) is 17.3. The van der Waals surface area contributed by atoms with Gasteiger partial charge in [0.15, 0.2) is 6.04 Å². The van der Waals surface area contributed by atoms with E-state index in [4.69, 9.17) is 19.9 Å². The normalized spacial score (nSPS) is 30.6. The van der Waals surface area contributed by atoms with Crippen LogP contribution in [0.25, 0.3) is 0 Å². The number of carboxylic acids is 1. The van der Waals surface area contributed by atoms with Crippen molar-refractivity contribution in [2.45, 2.75) is 152 Å². The number of nitrogens with one attached hydrogen (secondary N) is 2. The number of aliphatic carboxylic acids is 1. The van der Waals surface area contributed by atoms with Crippen molar-refractivity contribution < 1.29 is 33.7 Å². The van der Waals surface area contributed by atoms with E-state index in [1.54, 1.807) is 0 Å². The Labute approximate surface area is 268 Å². The molecule has 4 aliphatic rings. The van der Waals surface area contributed by atoms with Gasteiger partial charge < -0.3 is 35.7 Å². The average molecular weight is 630 g/mol. The van der Waals surface area contributed by atoms with Crippen molar-refractivity contribution in [3.05, 3.63) is 36.0 Å². The fourth-order valence-electron chi connectivity index (χ4n) is 6.39. The highest BCUT2D eigenvalue weighted by Gasteiger charge is 2.63. The number of carbonyl (C=O) groups is 3. The van der Waals surface area contributed by atoms with Crippen molar-refractivity contribution in [3.63, 3.8) is 0 Å². The molecule has 1 saturated carbocycles. The summed E-state index contributed by atoms with van der Waals surface area (Å²) in [5.74, 6) is -2.33. The van der Waals surface area contributed by atoms with E-state index < -0.39 is 41.5 Å². The molecule has 0 saturated heterocycles. The van der Waals surface area contributed by atoms with Crippen molar-refractivity contribution >= 4 is 17.8 Å². The second kappa shape index (κ2) is 18.0. The quantitative estimate of drug-likeness (QED) is 0.216. The largest absolute Gasteiger partial charge is 0.480 e. The molecule has 0 radical (unpaired) electrons. The molecule has 252 valence electrons. The van der Waals surface area contributed by atoms with Gasteiger partial charge in [0, 0.05) is 6.42 Å². The second-order valence-electron chi connectivity index (χ2n) is 13.3. The van der Waals surface area contributed by atoms with E-state index in [9.17, 15) is 19.5 Å². The number of hydrogen-bond acceptors (Lipinski definition) is 7. The molecule has 0 aliphatic heterocycles. The maximum absolute atomic E-state index is 13.8. The Morgan fingerprint density at radius 1 is 0.889 bits per heavy atom. The van der Waals surface area contributed by atoms with Crippen LogP contribution in [0.1, 0.15) is 110 Å². The van der Waals surface area contributed by atoms with E-state index in [0.29, 0.717) is 0 Å². The van der Waals surface area contributed by atoms with Crippen LogP contribution in [0.4, 0.5) is 0 Å². The third kappa shape index (κ3) is 11.3. The Morgan fingerprint density at radius 2 is 1.49 bits per heavy atom. The number of amides is 2. The first-order chi connectivity index (χ1) is 21.8. The molecule has 5 unspecified atom stereocenters. The molecular weight excluding hydrogens is 574 g/mol. The molecular formula is C35H55N3O7. The van der Waals surface area contributed by atoms with Gasteiger partial charge in [-0.1, -0.05) is 74.5 Å². The van der Waals surface area contributed by atoms with Crippen LogP contribution in [0.15, 0.2) is 36.0 Å². The van der Waals surface area contributed by atoms with Gasteiger partial charge in [-0.3, -0.25) is 9.59 Å². The van der Waals surface area contributed by atoms with Gasteiger partial charge in [-0.05, 0) is 64.7 Å². The van der Waals surface area contributed by atoms with Crippen molar-refractivity contribution in [1.29, 1.82) is 0 Å². The summed E-state index contributed by atoms with van der Waals surface area (Å²) in [4.78, 5) is 39.4. The van der Waals surface area contributed by atoms with Crippen LogP contribution >= 0.6 is 0 Å². The molecule has 1 fully saturated rings. The summed E-state index contributed by atoms with van der Waals surface area (Å²) in [5.41, 5.74) is 6.09. The first-order valence-corrected chi connectivity index (χ1v) is 17.3. The van der Waals surface area contributed by atoms with Crippen molar-refractivity contribution in [2.24, 2.45) is 5.73 Å². The summed E-state index contributed by atoms with van der Waals surface area (Å²) in [6.07, 6.45) is 24.8.